The first-order chi connectivity index (χ1) is 5.71. The molecular weight excluding hydrogens is 120 g/mol. The van der Waals surface area contributed by atoms with Crippen molar-refractivity contribution in [1.82, 2.24) is 0 Å². The van der Waals surface area contributed by atoms with E-state index >= 15 is 0 Å². The van der Waals surface area contributed by atoms with Gasteiger partial charge in [0.2, 0.25) is 0 Å². The summed E-state index contributed by atoms with van der Waals surface area (Å²) in [6.45, 7) is -1.44. The topological polar surface area (TPSA) is 89.3 Å². The molecule has 0 aromatic carbocycles. The number of aliphatic carboxylic acids is 1. The zero-order valence-electron chi connectivity index (χ0n) is 8.74. The minimum atomic E-state index is -2.59. The van der Waals surface area contributed by atoms with Crippen LogP contribution in [-0.2, 0) is 4.79 Å². The highest BCUT2D eigenvalue weighted by atomic mass is 16.4. The lowest BCUT2D eigenvalue weighted by Gasteiger charge is -2.02. The van der Waals surface area contributed by atoms with Crippen molar-refractivity contribution < 1.29 is 15.4 Å². The van der Waals surface area contributed by atoms with Crippen molar-refractivity contribution in [3.8, 4) is 0 Å². The fourth-order valence-corrected chi connectivity index (χ4v) is 0.231. The van der Waals surface area contributed by atoms with Gasteiger partial charge >= 0.3 is 5.97 Å². The number of hydrogen-bond acceptors (Lipinski definition) is 3. The molecule has 0 aromatic rings. The van der Waals surface area contributed by atoms with E-state index in [1.807, 2.05) is 0 Å². The molecule has 5 N–H and O–H groups in total. The molecule has 4 nitrogen and oxygen atoms in total. The second-order valence-electron chi connectivity index (χ2n) is 1.31. The highest BCUT2D eigenvalue weighted by molar-refractivity contribution is 5.72. The minimum absolute atomic E-state index is 1.44. The Kier molecular flexibility index (Phi) is 1.68. The van der Waals surface area contributed by atoms with Gasteiger partial charge in [-0.25, -0.2) is 0 Å². The third-order valence-corrected chi connectivity index (χ3v) is 0.634. The Morgan fingerprint density at radius 3 is 2.89 bits per heavy atom. The van der Waals surface area contributed by atoms with Gasteiger partial charge in [-0.3, -0.25) is 4.79 Å². The zero-order valence-corrected chi connectivity index (χ0v) is 4.74. The maximum Gasteiger partial charge on any atom is 0.320 e. The van der Waals surface area contributed by atoms with Gasteiger partial charge in [0, 0.05) is 4.11 Å². The summed E-state index contributed by atoms with van der Waals surface area (Å²) in [7, 11) is 0. The normalized spacial score (nSPS) is 33.6. The molecule has 0 spiro atoms. The van der Waals surface area contributed by atoms with Crippen molar-refractivity contribution in [1.29, 1.82) is 0 Å². The summed E-state index contributed by atoms with van der Waals surface area (Å²) in [5, 5.41) is 8.42. The van der Waals surface area contributed by atoms with Gasteiger partial charge in [-0.15, -0.1) is 0 Å². The van der Waals surface area contributed by atoms with Gasteiger partial charge in [0.25, 0.3) is 0 Å². The van der Waals surface area contributed by atoms with Gasteiger partial charge in [-0.2, -0.15) is 0 Å². The van der Waals surface area contributed by atoms with Crippen LogP contribution in [0.4, 0.5) is 0 Å². The Labute approximate surface area is 59.5 Å². The van der Waals surface area contributed by atoms with E-state index in [1.165, 1.54) is 0 Å². The molecule has 0 rings (SSSR count). The van der Waals surface area contributed by atoms with Gasteiger partial charge in [0.15, 0.2) is 0 Å². The molecule has 0 radical (unpaired) electrons. The smallest absolute Gasteiger partial charge is 0.320 e. The van der Waals surface area contributed by atoms with Crippen LogP contribution in [0, 0.1) is 0 Å². The summed E-state index contributed by atoms with van der Waals surface area (Å²) in [5.41, 5.74) is 9.92. The molecule has 0 heterocycles. The highest BCUT2D eigenvalue weighted by Gasteiger charge is 2.08. The molecule has 0 aliphatic rings. The van der Waals surface area contributed by atoms with E-state index in [1.54, 1.807) is 0 Å². The maximum atomic E-state index is 10.4. The Bertz CT molecular complexity index is 199. The third-order valence-electron chi connectivity index (χ3n) is 0.634. The first kappa shape index (κ1) is 3.53. The quantitative estimate of drug-likeness (QED) is 0.469. The van der Waals surface area contributed by atoms with E-state index in [9.17, 15) is 4.79 Å². The SMILES string of the molecule is [2H][C@@H]([C@@H]([2H])N)[C@H]([2H])[C@]([2H])(N)C(=O)O. The van der Waals surface area contributed by atoms with Crippen LogP contribution in [0.3, 0.4) is 0 Å². The van der Waals surface area contributed by atoms with E-state index in [0.29, 0.717) is 0 Å². The number of rotatable bonds is 4. The van der Waals surface area contributed by atoms with Crippen LogP contribution >= 0.6 is 0 Å². The van der Waals surface area contributed by atoms with E-state index in [0.717, 1.165) is 0 Å². The van der Waals surface area contributed by atoms with E-state index in [2.05, 4.69) is 0 Å². The van der Waals surface area contributed by atoms with Gasteiger partial charge < -0.3 is 16.6 Å². The summed E-state index contributed by atoms with van der Waals surface area (Å²) in [5.74, 6) is -1.70. The molecule has 0 saturated heterocycles. The predicted octanol–water partition coefficient (Wildman–Crippen LogP) is -0.863. The minimum Gasteiger partial charge on any atom is -0.480 e. The molecule has 0 unspecified atom stereocenters. The Balaban J connectivity index is 4.58. The monoisotopic (exact) mass is 136 g/mol. The van der Waals surface area contributed by atoms with Crippen molar-refractivity contribution in [2.24, 2.45) is 11.5 Å². The molecular formula is C5H12N2O2. The second kappa shape index (κ2) is 4.29. The van der Waals surface area contributed by atoms with E-state index < -0.39 is 31.3 Å². The number of carboxylic acids is 1. The van der Waals surface area contributed by atoms with Crippen LogP contribution in [0.2, 0.25) is 0 Å². The number of nitrogens with two attached hydrogens (primary N) is 2. The number of hydrogen-bond donors (Lipinski definition) is 3. The van der Waals surface area contributed by atoms with Crippen LogP contribution in [-0.4, -0.2) is 23.6 Å². The Hall–Kier alpha value is -0.610. The van der Waals surface area contributed by atoms with E-state index in [4.69, 9.17) is 22.1 Å². The van der Waals surface area contributed by atoms with Crippen LogP contribution < -0.4 is 11.5 Å². The molecule has 0 aliphatic carbocycles. The summed E-state index contributed by atoms with van der Waals surface area (Å²) in [6.07, 6.45) is -3.27. The standard InChI is InChI=1S/C5H12N2O2/c6-3-1-2-4(7)5(8)9/h4H,1-3,6-7H2,(H,8,9)/t4-/m0/s1/i1D,2D,3D,4D/t1-,2+,3-,4+/m1. The number of carboxylic acid groups (broad SMARTS) is 1. The molecule has 0 fully saturated rings. The average molecular weight is 136 g/mol. The Morgan fingerprint density at radius 1 is 2.00 bits per heavy atom. The molecule has 4 heteroatoms. The molecule has 0 aromatic heterocycles. The lowest BCUT2D eigenvalue weighted by molar-refractivity contribution is -0.138. The van der Waals surface area contributed by atoms with Crippen molar-refractivity contribution in [3.05, 3.63) is 0 Å². The third kappa shape index (κ3) is 3.93. The van der Waals surface area contributed by atoms with Crippen LogP contribution in [0.25, 0.3) is 0 Å². The first-order valence-corrected chi connectivity index (χ1v) is 2.26. The van der Waals surface area contributed by atoms with Crippen LogP contribution in [0.5, 0.6) is 0 Å². The summed E-state index contributed by atoms with van der Waals surface area (Å²) in [6, 6.07) is -2.59. The largest absolute Gasteiger partial charge is 0.480 e. The maximum absolute atomic E-state index is 10.4. The molecule has 9 heavy (non-hydrogen) atoms. The second-order valence-corrected chi connectivity index (χ2v) is 1.31. The van der Waals surface area contributed by atoms with Crippen molar-refractivity contribution >= 4 is 5.97 Å². The van der Waals surface area contributed by atoms with Crippen molar-refractivity contribution in [3.63, 3.8) is 0 Å². The Morgan fingerprint density at radius 2 is 2.56 bits per heavy atom. The molecule has 0 aliphatic heterocycles. The molecule has 4 atom stereocenters. The van der Waals surface area contributed by atoms with Gasteiger partial charge in [0.1, 0.15) is 6.02 Å². The average Bonchev–Trinajstić information content (AvgIpc) is 2.01. The molecule has 0 saturated carbocycles. The number of carbonyl (C=O) groups is 1. The molecule has 54 valence electrons. The summed E-state index contributed by atoms with van der Waals surface area (Å²) < 4.78 is 28.2. The zero-order chi connectivity index (χ0) is 10.8. The van der Waals surface area contributed by atoms with Gasteiger partial charge in [-0.1, -0.05) is 0 Å². The predicted molar refractivity (Wildman–Crippen MR) is 33.9 cm³/mol. The van der Waals surface area contributed by atoms with Crippen LogP contribution in [0.15, 0.2) is 0 Å². The van der Waals surface area contributed by atoms with Gasteiger partial charge in [-0.05, 0) is 19.3 Å². The lowest BCUT2D eigenvalue weighted by Crippen LogP contribution is -2.30. The lowest BCUT2D eigenvalue weighted by atomic mass is 10.2. The van der Waals surface area contributed by atoms with Gasteiger partial charge in [0.05, 0.1) is 1.37 Å². The highest BCUT2D eigenvalue weighted by Crippen LogP contribution is 1.91. The van der Waals surface area contributed by atoms with Crippen molar-refractivity contribution in [2.75, 3.05) is 6.52 Å². The molecule has 0 amide bonds. The van der Waals surface area contributed by atoms with Crippen LogP contribution in [0.1, 0.15) is 18.3 Å². The summed E-state index contributed by atoms with van der Waals surface area (Å²) in [4.78, 5) is 10.4. The summed E-state index contributed by atoms with van der Waals surface area (Å²) >= 11 is 0. The van der Waals surface area contributed by atoms with Crippen molar-refractivity contribution in [2.45, 2.75) is 18.8 Å². The fourth-order valence-electron chi connectivity index (χ4n) is 0.231. The first-order valence-electron chi connectivity index (χ1n) is 4.49. The fraction of sp³-hybridized carbons (Fsp3) is 0.800. The molecule has 0 bridgehead atoms. The van der Waals surface area contributed by atoms with E-state index in [-0.39, 0.29) is 0 Å².